The van der Waals surface area contributed by atoms with E-state index in [-0.39, 0.29) is 31.1 Å². The molecular weight excluding hydrogens is 925 g/mol. The first kappa shape index (κ1) is 70.5. The van der Waals surface area contributed by atoms with Gasteiger partial charge in [0, 0.05) is 19.3 Å². The van der Waals surface area contributed by atoms with E-state index in [1.807, 2.05) is 0 Å². The second kappa shape index (κ2) is 62.1. The fourth-order valence-corrected chi connectivity index (χ4v) is 8.05. The normalized spacial score (nSPS) is 13.1. The summed E-state index contributed by atoms with van der Waals surface area (Å²) < 4.78 is 16.8. The van der Waals surface area contributed by atoms with Crippen molar-refractivity contribution in [2.45, 2.75) is 271 Å². The highest BCUT2D eigenvalue weighted by molar-refractivity contribution is 5.71. The molecule has 0 aromatic rings. The topological polar surface area (TPSA) is 78.9 Å². The summed E-state index contributed by atoms with van der Waals surface area (Å²) in [5.74, 6) is -0.957. The second-order valence-electron chi connectivity index (χ2n) is 19.9. The van der Waals surface area contributed by atoms with Crippen molar-refractivity contribution in [1.29, 1.82) is 0 Å². The van der Waals surface area contributed by atoms with Crippen LogP contribution in [0.15, 0.2) is 134 Å². The van der Waals surface area contributed by atoms with Gasteiger partial charge in [0.1, 0.15) is 13.2 Å². The number of hydrogen-bond donors (Lipinski definition) is 0. The number of carbonyl (C=O) groups is 3. The zero-order chi connectivity index (χ0) is 54.3. The first-order chi connectivity index (χ1) is 37.0. The number of rotatable bonds is 54. The van der Waals surface area contributed by atoms with Crippen molar-refractivity contribution >= 4 is 17.9 Å². The predicted molar refractivity (Wildman–Crippen MR) is 325 cm³/mol. The summed E-state index contributed by atoms with van der Waals surface area (Å²) in [6.07, 6.45) is 87.6. The lowest BCUT2D eigenvalue weighted by Gasteiger charge is -2.18. The average molecular weight is 1040 g/mol. The number of allylic oxidation sites excluding steroid dienone is 22. The van der Waals surface area contributed by atoms with Gasteiger partial charge in [0.25, 0.3) is 0 Å². The molecule has 424 valence electrons. The quantitative estimate of drug-likeness (QED) is 0.0261. The van der Waals surface area contributed by atoms with Crippen LogP contribution >= 0.6 is 0 Å². The lowest BCUT2D eigenvalue weighted by Crippen LogP contribution is -2.30. The largest absolute Gasteiger partial charge is 0.462 e. The summed E-state index contributed by atoms with van der Waals surface area (Å²) >= 11 is 0. The molecule has 0 heterocycles. The van der Waals surface area contributed by atoms with Crippen molar-refractivity contribution < 1.29 is 28.6 Å². The van der Waals surface area contributed by atoms with Crippen LogP contribution in [0.5, 0.6) is 0 Å². The summed E-state index contributed by atoms with van der Waals surface area (Å²) in [5.41, 5.74) is 0. The van der Waals surface area contributed by atoms with E-state index in [2.05, 4.69) is 154 Å². The van der Waals surface area contributed by atoms with E-state index in [1.165, 1.54) is 89.9 Å². The van der Waals surface area contributed by atoms with Gasteiger partial charge in [0.05, 0.1) is 0 Å². The molecule has 0 saturated heterocycles. The standard InChI is InChI=1S/C69H112O6/c1-4-7-10-13-16-19-21-23-25-27-28-29-30-31-32-33-34-35-36-37-38-39-40-41-42-43-45-46-48-50-53-56-59-62-68(71)74-65-66(64-73-67(70)61-58-55-52-18-15-12-9-6-3)75-69(72)63-60-57-54-51-49-47-44-26-24-22-20-17-14-11-8-5-2/h7,10,16,19,23,25-26,28-29,31-32,34-35,37-38,40-41,43-45,48,50,66H,4-6,8-9,11-15,17-18,20-22,24,27,30,33,36,39,42,46-47,49,51-65H2,1-3H3/b10-7-,19-16-,25-23-,29-28-,32-31-,35-34-,38-37-,41-40-,44-26-,45-43-,50-48-. The highest BCUT2D eigenvalue weighted by Gasteiger charge is 2.19. The van der Waals surface area contributed by atoms with Crippen molar-refractivity contribution in [1.82, 2.24) is 0 Å². The highest BCUT2D eigenvalue weighted by Crippen LogP contribution is 2.14. The Balaban J connectivity index is 4.29. The van der Waals surface area contributed by atoms with Crippen LogP contribution in [-0.4, -0.2) is 37.2 Å². The van der Waals surface area contributed by atoms with Gasteiger partial charge in [-0.2, -0.15) is 0 Å². The van der Waals surface area contributed by atoms with E-state index in [9.17, 15) is 14.4 Å². The maximum Gasteiger partial charge on any atom is 0.306 e. The Morgan fingerprint density at radius 2 is 0.520 bits per heavy atom. The Kier molecular flexibility index (Phi) is 58.4. The molecular formula is C69H112O6. The van der Waals surface area contributed by atoms with Gasteiger partial charge < -0.3 is 14.2 Å². The van der Waals surface area contributed by atoms with Crippen LogP contribution in [0.2, 0.25) is 0 Å². The molecule has 0 N–H and O–H groups in total. The summed E-state index contributed by atoms with van der Waals surface area (Å²) in [5, 5.41) is 0. The third-order valence-corrected chi connectivity index (χ3v) is 12.6. The molecule has 0 aromatic carbocycles. The van der Waals surface area contributed by atoms with E-state index in [0.717, 1.165) is 128 Å². The number of ether oxygens (including phenoxy) is 3. The van der Waals surface area contributed by atoms with E-state index >= 15 is 0 Å². The van der Waals surface area contributed by atoms with Gasteiger partial charge >= 0.3 is 17.9 Å². The van der Waals surface area contributed by atoms with E-state index in [4.69, 9.17) is 14.2 Å². The van der Waals surface area contributed by atoms with Crippen LogP contribution in [0.25, 0.3) is 0 Å². The van der Waals surface area contributed by atoms with Gasteiger partial charge in [0.2, 0.25) is 0 Å². The molecule has 0 radical (unpaired) electrons. The summed E-state index contributed by atoms with van der Waals surface area (Å²) in [6, 6.07) is 0. The molecule has 0 aliphatic heterocycles. The molecule has 6 nitrogen and oxygen atoms in total. The SMILES string of the molecule is CC/C=C\C/C=C\C/C=C\C/C=C\C/C=C\C/C=C\C/C=C\C/C=C\C/C=C\C/C=C\CCCCC(=O)OCC(COC(=O)CCCCCCCCCC)OC(=O)CCCCCCC/C=C\CCCCCCCCC. The van der Waals surface area contributed by atoms with Crippen molar-refractivity contribution in [2.24, 2.45) is 0 Å². The van der Waals surface area contributed by atoms with Crippen molar-refractivity contribution in [3.63, 3.8) is 0 Å². The van der Waals surface area contributed by atoms with Crippen LogP contribution in [0.3, 0.4) is 0 Å². The van der Waals surface area contributed by atoms with Gasteiger partial charge in [-0.25, -0.2) is 0 Å². The van der Waals surface area contributed by atoms with Crippen molar-refractivity contribution in [3.05, 3.63) is 134 Å². The lowest BCUT2D eigenvalue weighted by molar-refractivity contribution is -0.167. The van der Waals surface area contributed by atoms with Crippen molar-refractivity contribution in [2.75, 3.05) is 13.2 Å². The Morgan fingerprint density at radius 1 is 0.280 bits per heavy atom. The van der Waals surface area contributed by atoms with Crippen LogP contribution in [0.4, 0.5) is 0 Å². The molecule has 0 bridgehead atoms. The Morgan fingerprint density at radius 3 is 0.853 bits per heavy atom. The smallest absolute Gasteiger partial charge is 0.306 e. The van der Waals surface area contributed by atoms with Crippen LogP contribution in [0, 0.1) is 0 Å². The Labute approximate surface area is 462 Å². The van der Waals surface area contributed by atoms with Gasteiger partial charge in [0.15, 0.2) is 6.10 Å². The molecule has 1 unspecified atom stereocenters. The van der Waals surface area contributed by atoms with Gasteiger partial charge in [-0.15, -0.1) is 0 Å². The molecule has 0 saturated carbocycles. The molecule has 0 rings (SSSR count). The second-order valence-corrected chi connectivity index (χ2v) is 19.9. The van der Waals surface area contributed by atoms with E-state index in [1.54, 1.807) is 0 Å². The third kappa shape index (κ3) is 60.3. The molecule has 1 atom stereocenters. The predicted octanol–water partition coefficient (Wildman–Crippen LogP) is 21.0. The van der Waals surface area contributed by atoms with Crippen LogP contribution in [-0.2, 0) is 28.6 Å². The van der Waals surface area contributed by atoms with E-state index in [0.29, 0.717) is 25.7 Å². The zero-order valence-corrected chi connectivity index (χ0v) is 48.5. The number of unbranched alkanes of at least 4 members (excludes halogenated alkanes) is 21. The highest BCUT2D eigenvalue weighted by atomic mass is 16.6. The molecule has 0 aromatic heterocycles. The average Bonchev–Trinajstić information content (AvgIpc) is 3.41. The molecule has 0 fully saturated rings. The Bertz CT molecular complexity index is 1620. The molecule has 6 heteroatoms. The first-order valence-electron chi connectivity index (χ1n) is 30.7. The van der Waals surface area contributed by atoms with Gasteiger partial charge in [-0.3, -0.25) is 14.4 Å². The molecule has 0 aliphatic rings. The third-order valence-electron chi connectivity index (χ3n) is 12.6. The molecule has 0 aliphatic carbocycles. The zero-order valence-electron chi connectivity index (χ0n) is 48.5. The number of carbonyl (C=O) groups excluding carboxylic acids is 3. The minimum Gasteiger partial charge on any atom is -0.462 e. The molecule has 0 spiro atoms. The lowest BCUT2D eigenvalue weighted by atomic mass is 10.1. The monoisotopic (exact) mass is 1040 g/mol. The summed E-state index contributed by atoms with van der Waals surface area (Å²) in [6.45, 7) is 6.45. The van der Waals surface area contributed by atoms with E-state index < -0.39 is 6.10 Å². The molecule has 75 heavy (non-hydrogen) atoms. The van der Waals surface area contributed by atoms with Crippen LogP contribution < -0.4 is 0 Å². The molecule has 0 amide bonds. The summed E-state index contributed by atoms with van der Waals surface area (Å²) in [4.78, 5) is 38.0. The summed E-state index contributed by atoms with van der Waals surface area (Å²) in [7, 11) is 0. The van der Waals surface area contributed by atoms with Crippen LogP contribution in [0.1, 0.15) is 265 Å². The first-order valence-corrected chi connectivity index (χ1v) is 30.7. The minimum atomic E-state index is -0.801. The fourth-order valence-electron chi connectivity index (χ4n) is 8.05. The minimum absolute atomic E-state index is 0.0967. The van der Waals surface area contributed by atoms with Crippen molar-refractivity contribution in [3.8, 4) is 0 Å². The van der Waals surface area contributed by atoms with Gasteiger partial charge in [-0.05, 0) is 122 Å². The fraction of sp³-hybridized carbons (Fsp3) is 0.638. The number of hydrogen-bond acceptors (Lipinski definition) is 6. The van der Waals surface area contributed by atoms with Gasteiger partial charge in [-0.1, -0.05) is 257 Å². The maximum absolute atomic E-state index is 12.8. The Hall–Kier alpha value is -4.45. The number of esters is 3. The maximum atomic E-state index is 12.8.